The van der Waals surface area contributed by atoms with E-state index in [2.05, 4.69) is 28.9 Å². The zero-order chi connectivity index (χ0) is 15.5. The largest absolute Gasteiger partial charge is 0.334 e. The summed E-state index contributed by atoms with van der Waals surface area (Å²) in [6, 6.07) is 6.13. The highest BCUT2D eigenvalue weighted by Gasteiger charge is 2.27. The van der Waals surface area contributed by atoms with E-state index < -0.39 is 0 Å². The van der Waals surface area contributed by atoms with Crippen LogP contribution in [0.25, 0.3) is 10.2 Å². The number of rotatable bonds is 3. The second kappa shape index (κ2) is 6.98. The summed E-state index contributed by atoms with van der Waals surface area (Å²) in [5, 5.41) is 0. The van der Waals surface area contributed by atoms with E-state index in [4.69, 9.17) is 0 Å². The van der Waals surface area contributed by atoms with Gasteiger partial charge in [-0.2, -0.15) is 11.8 Å². The molecule has 2 aromatic rings. The van der Waals surface area contributed by atoms with Crippen LogP contribution in [0.1, 0.15) is 16.8 Å². The van der Waals surface area contributed by atoms with Crippen molar-refractivity contribution in [3.05, 3.63) is 29.3 Å². The minimum absolute atomic E-state index is 0.157. The van der Waals surface area contributed by atoms with E-state index in [9.17, 15) is 4.79 Å². The summed E-state index contributed by atoms with van der Waals surface area (Å²) in [6.45, 7) is 1.77. The predicted octanol–water partition coefficient (Wildman–Crippen LogP) is 2.81. The van der Waals surface area contributed by atoms with Gasteiger partial charge in [-0.3, -0.25) is 4.79 Å². The zero-order valence-electron chi connectivity index (χ0n) is 13.0. The number of benzene rings is 1. The topological polar surface area (TPSA) is 36.4 Å². The van der Waals surface area contributed by atoms with E-state index in [1.165, 1.54) is 0 Å². The lowest BCUT2D eigenvalue weighted by Crippen LogP contribution is -2.46. The molecule has 1 saturated heterocycles. The van der Waals surface area contributed by atoms with Crippen LogP contribution in [0.5, 0.6) is 0 Å². The number of fused-ring (bicyclic) bond motifs is 1. The molecular formula is C16H21N3OS2. The fourth-order valence-corrected chi connectivity index (χ4v) is 4.60. The van der Waals surface area contributed by atoms with E-state index in [1.807, 2.05) is 35.5 Å². The van der Waals surface area contributed by atoms with Crippen molar-refractivity contribution in [3.63, 3.8) is 0 Å². The Morgan fingerprint density at radius 1 is 1.45 bits per heavy atom. The van der Waals surface area contributed by atoms with E-state index in [0.29, 0.717) is 0 Å². The van der Waals surface area contributed by atoms with E-state index in [1.54, 1.807) is 11.3 Å². The molecule has 4 nitrogen and oxygen atoms in total. The number of hydrogen-bond acceptors (Lipinski definition) is 5. The molecular weight excluding hydrogens is 314 g/mol. The third-order valence-electron chi connectivity index (χ3n) is 3.85. The minimum atomic E-state index is 0.157. The number of carbonyl (C=O) groups excluding carboxylic acids is 1. The second-order valence-corrected chi connectivity index (χ2v) is 7.91. The van der Waals surface area contributed by atoms with Gasteiger partial charge < -0.3 is 9.80 Å². The number of aromatic nitrogens is 1. The fourth-order valence-electron chi connectivity index (χ4n) is 2.82. The minimum Gasteiger partial charge on any atom is -0.334 e. The van der Waals surface area contributed by atoms with Gasteiger partial charge in [-0.15, -0.1) is 11.3 Å². The molecule has 0 bridgehead atoms. The molecule has 1 amide bonds. The van der Waals surface area contributed by atoms with Crippen molar-refractivity contribution in [2.75, 3.05) is 38.7 Å². The number of carbonyl (C=O) groups is 1. The lowest BCUT2D eigenvalue weighted by Gasteiger charge is -2.31. The summed E-state index contributed by atoms with van der Waals surface area (Å²) in [5.41, 5.74) is 3.58. The molecule has 1 fully saturated rings. The summed E-state index contributed by atoms with van der Waals surface area (Å²) in [7, 11) is 4.14. The van der Waals surface area contributed by atoms with Crippen LogP contribution < -0.4 is 0 Å². The van der Waals surface area contributed by atoms with Crippen molar-refractivity contribution in [3.8, 4) is 0 Å². The Balaban J connectivity index is 1.86. The molecule has 1 atom stereocenters. The third kappa shape index (κ3) is 3.45. The second-order valence-electron chi connectivity index (χ2n) is 5.88. The molecule has 6 heteroatoms. The standard InChI is InChI=1S/C16H21N3OS2/c1-18(2)9-13-10-21-7-3-6-19(13)16(20)12-4-5-14-15(8-12)22-11-17-14/h4-5,8,11,13H,3,6-7,9-10H2,1-2H3. The van der Waals surface area contributed by atoms with Gasteiger partial charge in [0.15, 0.2) is 0 Å². The first kappa shape index (κ1) is 15.8. The normalized spacial score (nSPS) is 19.6. The van der Waals surface area contributed by atoms with Gasteiger partial charge in [0.2, 0.25) is 0 Å². The lowest BCUT2D eigenvalue weighted by molar-refractivity contribution is 0.0676. The Hall–Kier alpha value is -1.11. The number of amides is 1. The van der Waals surface area contributed by atoms with Crippen LogP contribution in [0.2, 0.25) is 0 Å². The molecule has 1 aliphatic rings. The molecule has 0 radical (unpaired) electrons. The van der Waals surface area contributed by atoms with Crippen molar-refractivity contribution in [2.24, 2.45) is 0 Å². The third-order valence-corrected chi connectivity index (χ3v) is 5.84. The Bertz CT molecular complexity index is 656. The number of likely N-dealkylation sites (N-methyl/N-ethyl adjacent to an activating group) is 1. The van der Waals surface area contributed by atoms with Crippen LogP contribution >= 0.6 is 23.1 Å². The first-order valence-corrected chi connectivity index (χ1v) is 9.55. The maximum Gasteiger partial charge on any atom is 0.254 e. The van der Waals surface area contributed by atoms with Crippen molar-refractivity contribution in [1.82, 2.24) is 14.8 Å². The van der Waals surface area contributed by atoms with Gasteiger partial charge >= 0.3 is 0 Å². The molecule has 0 spiro atoms. The van der Waals surface area contributed by atoms with E-state index in [0.717, 1.165) is 46.8 Å². The van der Waals surface area contributed by atoms with E-state index in [-0.39, 0.29) is 11.9 Å². The highest BCUT2D eigenvalue weighted by Crippen LogP contribution is 2.23. The fraction of sp³-hybridized carbons (Fsp3) is 0.500. The highest BCUT2D eigenvalue weighted by molar-refractivity contribution is 7.99. The van der Waals surface area contributed by atoms with Gasteiger partial charge in [0.25, 0.3) is 5.91 Å². The summed E-state index contributed by atoms with van der Waals surface area (Å²) in [5.74, 6) is 2.32. The SMILES string of the molecule is CN(C)CC1CSCCCN1C(=O)c1ccc2ncsc2c1. The van der Waals surface area contributed by atoms with Crippen LogP contribution in [0.4, 0.5) is 0 Å². The summed E-state index contributed by atoms with van der Waals surface area (Å²) >= 11 is 3.54. The molecule has 3 rings (SSSR count). The van der Waals surface area contributed by atoms with Crippen molar-refractivity contribution < 1.29 is 4.79 Å². The van der Waals surface area contributed by atoms with Crippen LogP contribution in [-0.4, -0.2) is 65.4 Å². The molecule has 2 heterocycles. The van der Waals surface area contributed by atoms with Gasteiger partial charge in [0.05, 0.1) is 21.8 Å². The van der Waals surface area contributed by atoms with Crippen LogP contribution in [0.15, 0.2) is 23.7 Å². The zero-order valence-corrected chi connectivity index (χ0v) is 14.6. The van der Waals surface area contributed by atoms with Crippen molar-refractivity contribution in [2.45, 2.75) is 12.5 Å². The molecule has 22 heavy (non-hydrogen) atoms. The maximum atomic E-state index is 13.0. The molecule has 1 aromatic carbocycles. The average molecular weight is 335 g/mol. The first-order chi connectivity index (χ1) is 10.6. The van der Waals surface area contributed by atoms with Crippen LogP contribution in [-0.2, 0) is 0 Å². The molecule has 0 aliphatic carbocycles. The number of nitrogens with zero attached hydrogens (tertiary/aromatic N) is 3. The Morgan fingerprint density at radius 2 is 2.32 bits per heavy atom. The highest BCUT2D eigenvalue weighted by atomic mass is 32.2. The number of thioether (sulfide) groups is 1. The smallest absolute Gasteiger partial charge is 0.254 e. The maximum absolute atomic E-state index is 13.0. The Labute approximate surface area is 139 Å². The molecule has 118 valence electrons. The monoisotopic (exact) mass is 335 g/mol. The van der Waals surface area contributed by atoms with Gasteiger partial charge in [-0.25, -0.2) is 4.98 Å². The molecule has 1 unspecified atom stereocenters. The summed E-state index contributed by atoms with van der Waals surface area (Å²) in [4.78, 5) is 21.5. The average Bonchev–Trinajstić information content (AvgIpc) is 2.85. The lowest BCUT2D eigenvalue weighted by atomic mass is 10.1. The number of thiazole rings is 1. The molecule has 1 aromatic heterocycles. The molecule has 1 aliphatic heterocycles. The van der Waals surface area contributed by atoms with Crippen molar-refractivity contribution >= 4 is 39.2 Å². The van der Waals surface area contributed by atoms with Gasteiger partial charge in [-0.05, 0) is 44.5 Å². The predicted molar refractivity (Wildman–Crippen MR) is 94.9 cm³/mol. The molecule has 0 saturated carbocycles. The van der Waals surface area contributed by atoms with Gasteiger partial charge in [0.1, 0.15) is 0 Å². The van der Waals surface area contributed by atoms with Crippen LogP contribution in [0, 0.1) is 0 Å². The van der Waals surface area contributed by atoms with Crippen LogP contribution in [0.3, 0.4) is 0 Å². The van der Waals surface area contributed by atoms with Gasteiger partial charge in [0, 0.05) is 24.4 Å². The van der Waals surface area contributed by atoms with Crippen molar-refractivity contribution in [1.29, 1.82) is 0 Å². The summed E-state index contributed by atoms with van der Waals surface area (Å²) in [6.07, 6.45) is 1.07. The Morgan fingerprint density at radius 3 is 3.14 bits per heavy atom. The first-order valence-electron chi connectivity index (χ1n) is 7.52. The van der Waals surface area contributed by atoms with Gasteiger partial charge in [-0.1, -0.05) is 0 Å². The van der Waals surface area contributed by atoms with E-state index >= 15 is 0 Å². The number of hydrogen-bond donors (Lipinski definition) is 0. The quantitative estimate of drug-likeness (QED) is 0.864. The molecule has 0 N–H and O–H groups in total. The Kier molecular flexibility index (Phi) is 5.00. The summed E-state index contributed by atoms with van der Waals surface area (Å²) < 4.78 is 1.08.